The lowest BCUT2D eigenvalue weighted by atomic mass is 10.0. The first-order valence-corrected chi connectivity index (χ1v) is 9.88. The van der Waals surface area contributed by atoms with Crippen LogP contribution in [0.15, 0.2) is 96.0 Å². The van der Waals surface area contributed by atoms with Gasteiger partial charge in [0.25, 0.3) is 0 Å². The molecule has 3 nitrogen and oxygen atoms in total. The number of para-hydroxylation sites is 1. The maximum absolute atomic E-state index is 13.0. The average Bonchev–Trinajstić information content (AvgIpc) is 2.78. The smallest absolute Gasteiger partial charge is 0.249 e. The van der Waals surface area contributed by atoms with Crippen LogP contribution in [0.25, 0.3) is 0 Å². The fraction of sp³-hybridized carbons (Fsp3) is 0.200. The van der Waals surface area contributed by atoms with Crippen LogP contribution in [0.1, 0.15) is 30.4 Å². The van der Waals surface area contributed by atoms with Crippen molar-refractivity contribution in [2.75, 3.05) is 12.0 Å². The molecule has 0 saturated carbocycles. The zero-order valence-electron chi connectivity index (χ0n) is 16.3. The molecule has 0 bridgehead atoms. The van der Waals surface area contributed by atoms with E-state index in [4.69, 9.17) is 4.99 Å². The molecule has 0 aliphatic rings. The number of alkyl halides is 1. The number of halogens is 1. The van der Waals surface area contributed by atoms with Gasteiger partial charge in [0.1, 0.15) is 6.04 Å². The molecule has 0 fully saturated rings. The molecule has 3 aromatic rings. The van der Waals surface area contributed by atoms with E-state index in [1.807, 2.05) is 91.0 Å². The minimum Gasteiger partial charge on any atom is -0.324 e. The van der Waals surface area contributed by atoms with Crippen molar-refractivity contribution in [3.8, 4) is 0 Å². The Balaban J connectivity index is 1.94. The van der Waals surface area contributed by atoms with Crippen molar-refractivity contribution in [3.63, 3.8) is 0 Å². The lowest BCUT2D eigenvalue weighted by Crippen LogP contribution is -2.28. The zero-order chi connectivity index (χ0) is 20.3. The van der Waals surface area contributed by atoms with Gasteiger partial charge in [-0.3, -0.25) is 14.2 Å². The molecular formula is C25H25FN2O. The summed E-state index contributed by atoms with van der Waals surface area (Å²) >= 11 is 0. The molecule has 1 N–H and O–H groups in total. The van der Waals surface area contributed by atoms with E-state index in [9.17, 15) is 9.18 Å². The van der Waals surface area contributed by atoms with Gasteiger partial charge in [-0.25, -0.2) is 0 Å². The lowest BCUT2D eigenvalue weighted by molar-refractivity contribution is -0.117. The highest BCUT2D eigenvalue weighted by atomic mass is 19.1. The van der Waals surface area contributed by atoms with E-state index in [0.29, 0.717) is 19.3 Å². The maximum atomic E-state index is 13.0. The molecule has 0 aromatic heterocycles. The number of carbonyl (C=O) groups is 1. The van der Waals surface area contributed by atoms with Crippen LogP contribution in [-0.4, -0.2) is 24.3 Å². The van der Waals surface area contributed by atoms with Crippen molar-refractivity contribution >= 4 is 17.3 Å². The molecule has 0 radical (unpaired) electrons. The minimum absolute atomic E-state index is 0.181. The molecule has 4 heteroatoms. The highest BCUT2D eigenvalue weighted by Crippen LogP contribution is 2.16. The van der Waals surface area contributed by atoms with Crippen molar-refractivity contribution in [2.45, 2.75) is 25.3 Å². The number of amides is 1. The molecule has 0 saturated heterocycles. The second-order valence-electron chi connectivity index (χ2n) is 6.77. The topological polar surface area (TPSA) is 41.5 Å². The van der Waals surface area contributed by atoms with Crippen LogP contribution in [-0.2, 0) is 4.79 Å². The summed E-state index contributed by atoms with van der Waals surface area (Å²) in [6.45, 7) is -0.388. The van der Waals surface area contributed by atoms with Crippen LogP contribution in [0.5, 0.6) is 0 Å². The summed E-state index contributed by atoms with van der Waals surface area (Å²) in [4.78, 5) is 17.9. The highest BCUT2D eigenvalue weighted by Gasteiger charge is 2.19. The fourth-order valence-corrected chi connectivity index (χ4v) is 3.10. The van der Waals surface area contributed by atoms with E-state index >= 15 is 0 Å². The summed E-state index contributed by atoms with van der Waals surface area (Å²) in [7, 11) is 0. The molecule has 3 rings (SSSR count). The van der Waals surface area contributed by atoms with Crippen LogP contribution < -0.4 is 5.32 Å². The van der Waals surface area contributed by atoms with E-state index in [2.05, 4.69) is 5.32 Å². The molecule has 0 aliphatic carbocycles. The Morgan fingerprint density at radius 2 is 1.31 bits per heavy atom. The molecule has 1 unspecified atom stereocenters. The van der Waals surface area contributed by atoms with Crippen molar-refractivity contribution in [1.82, 2.24) is 0 Å². The molecular weight excluding hydrogens is 363 g/mol. The van der Waals surface area contributed by atoms with Gasteiger partial charge in [0, 0.05) is 16.8 Å². The maximum Gasteiger partial charge on any atom is 0.249 e. The van der Waals surface area contributed by atoms with E-state index in [0.717, 1.165) is 22.5 Å². The van der Waals surface area contributed by atoms with Crippen molar-refractivity contribution in [2.24, 2.45) is 4.99 Å². The van der Waals surface area contributed by atoms with Gasteiger partial charge < -0.3 is 5.32 Å². The van der Waals surface area contributed by atoms with Crippen LogP contribution >= 0.6 is 0 Å². The molecule has 0 aliphatic heterocycles. The summed E-state index contributed by atoms with van der Waals surface area (Å²) in [5, 5.41) is 2.94. The number of anilines is 1. The zero-order valence-corrected chi connectivity index (χ0v) is 16.3. The largest absolute Gasteiger partial charge is 0.324 e. The molecule has 0 spiro atoms. The summed E-state index contributed by atoms with van der Waals surface area (Å²) in [5.41, 5.74) is 3.38. The first-order valence-electron chi connectivity index (χ1n) is 9.88. The quantitative estimate of drug-likeness (QED) is 0.372. The van der Waals surface area contributed by atoms with E-state index in [1.165, 1.54) is 0 Å². The van der Waals surface area contributed by atoms with Gasteiger partial charge in [-0.2, -0.15) is 0 Å². The van der Waals surface area contributed by atoms with Crippen molar-refractivity contribution in [3.05, 3.63) is 102 Å². The summed E-state index contributed by atoms with van der Waals surface area (Å²) in [5.74, 6) is -0.181. The monoisotopic (exact) mass is 388 g/mol. The van der Waals surface area contributed by atoms with Gasteiger partial charge >= 0.3 is 0 Å². The first-order chi connectivity index (χ1) is 14.3. The fourth-order valence-electron chi connectivity index (χ4n) is 3.10. The number of hydrogen-bond donors (Lipinski definition) is 1. The van der Waals surface area contributed by atoms with Gasteiger partial charge in [-0.1, -0.05) is 78.9 Å². The molecule has 1 atom stereocenters. The van der Waals surface area contributed by atoms with Gasteiger partial charge in [-0.15, -0.1) is 0 Å². The second-order valence-corrected chi connectivity index (χ2v) is 6.77. The Labute approximate surface area is 171 Å². The predicted octanol–water partition coefficient (Wildman–Crippen LogP) is 5.67. The Bertz CT molecular complexity index is 870. The van der Waals surface area contributed by atoms with Crippen LogP contribution in [0.2, 0.25) is 0 Å². The summed E-state index contributed by atoms with van der Waals surface area (Å²) in [6, 6.07) is 28.4. The van der Waals surface area contributed by atoms with Gasteiger partial charge in [0.2, 0.25) is 5.91 Å². The van der Waals surface area contributed by atoms with Crippen molar-refractivity contribution < 1.29 is 9.18 Å². The number of rotatable bonds is 9. The Morgan fingerprint density at radius 1 is 0.793 bits per heavy atom. The third kappa shape index (κ3) is 6.11. The number of hydrogen-bond acceptors (Lipinski definition) is 2. The first kappa shape index (κ1) is 20.5. The normalized spacial score (nSPS) is 11.5. The average molecular weight is 388 g/mol. The number of benzene rings is 3. The molecule has 3 aromatic carbocycles. The Hall–Kier alpha value is -3.27. The summed E-state index contributed by atoms with van der Waals surface area (Å²) in [6.07, 6.45) is 1.52. The van der Waals surface area contributed by atoms with Crippen LogP contribution in [0, 0.1) is 0 Å². The molecule has 148 valence electrons. The van der Waals surface area contributed by atoms with E-state index in [1.54, 1.807) is 0 Å². The third-order valence-electron chi connectivity index (χ3n) is 4.58. The third-order valence-corrected chi connectivity index (χ3v) is 4.58. The van der Waals surface area contributed by atoms with Gasteiger partial charge in [0.05, 0.1) is 12.4 Å². The van der Waals surface area contributed by atoms with Crippen molar-refractivity contribution in [1.29, 1.82) is 0 Å². The minimum atomic E-state index is -0.600. The van der Waals surface area contributed by atoms with E-state index in [-0.39, 0.29) is 12.6 Å². The molecule has 29 heavy (non-hydrogen) atoms. The summed E-state index contributed by atoms with van der Waals surface area (Å²) < 4.78 is 12.6. The second kappa shape index (κ2) is 10.9. The molecule has 1 amide bonds. The van der Waals surface area contributed by atoms with E-state index < -0.39 is 6.04 Å². The SMILES string of the molecule is O=C(Nc1ccccc1)C(CCCCF)N=C(c1ccccc1)c1ccccc1. The lowest BCUT2D eigenvalue weighted by Gasteiger charge is -2.16. The highest BCUT2D eigenvalue weighted by molar-refractivity contribution is 6.14. The number of carbonyl (C=O) groups excluding carboxylic acids is 1. The number of aliphatic imine (C=N–C) groups is 1. The molecule has 0 heterocycles. The Kier molecular flexibility index (Phi) is 7.70. The van der Waals surface area contributed by atoms with Gasteiger partial charge in [0.15, 0.2) is 0 Å². The van der Waals surface area contributed by atoms with Crippen LogP contribution in [0.4, 0.5) is 10.1 Å². The number of nitrogens with one attached hydrogen (secondary N) is 1. The standard InChI is InChI=1S/C25H25FN2O/c26-19-11-10-18-23(25(29)27-22-16-8-3-9-17-22)28-24(20-12-4-1-5-13-20)21-14-6-2-7-15-21/h1-9,12-17,23H,10-11,18-19H2,(H,27,29). The predicted molar refractivity (Wildman–Crippen MR) is 117 cm³/mol. The number of unbranched alkanes of at least 4 members (excludes halogenated alkanes) is 1. The van der Waals surface area contributed by atoms with Crippen LogP contribution in [0.3, 0.4) is 0 Å². The number of nitrogens with zero attached hydrogens (tertiary/aromatic N) is 1. The Morgan fingerprint density at radius 3 is 1.83 bits per heavy atom. The van der Waals surface area contributed by atoms with Gasteiger partial charge in [-0.05, 0) is 31.4 Å².